The number of nitrogens with zero attached hydrogens (tertiary/aromatic N) is 1. The Balaban J connectivity index is 1.98. The van der Waals surface area contributed by atoms with E-state index in [1.807, 2.05) is 12.2 Å². The lowest BCUT2D eigenvalue weighted by Gasteiger charge is -2.26. The van der Waals surface area contributed by atoms with E-state index >= 15 is 0 Å². The molecule has 5 nitrogen and oxygen atoms in total. The van der Waals surface area contributed by atoms with Crippen molar-refractivity contribution in [3.63, 3.8) is 0 Å². The molecule has 96 valence electrons. The predicted octanol–water partition coefficient (Wildman–Crippen LogP) is 1.98. The van der Waals surface area contributed by atoms with Crippen molar-refractivity contribution in [3.05, 3.63) is 46.0 Å². The first kappa shape index (κ1) is 12.7. The molecule has 1 aliphatic rings. The van der Waals surface area contributed by atoms with Crippen molar-refractivity contribution < 1.29 is 9.66 Å². The second kappa shape index (κ2) is 5.75. The summed E-state index contributed by atoms with van der Waals surface area (Å²) in [6, 6.07) is 7.04. The Hall–Kier alpha value is -1.72. The van der Waals surface area contributed by atoms with E-state index in [9.17, 15) is 10.1 Å². The summed E-state index contributed by atoms with van der Waals surface area (Å²) >= 11 is 0. The van der Waals surface area contributed by atoms with Crippen LogP contribution < -0.4 is 5.32 Å². The smallest absolute Gasteiger partial charge is 0.269 e. The molecule has 1 N–H and O–H groups in total. The average molecular weight is 248 g/mol. The summed E-state index contributed by atoms with van der Waals surface area (Å²) in [6.45, 7) is 3.47. The van der Waals surface area contributed by atoms with E-state index in [1.165, 1.54) is 12.1 Å². The monoisotopic (exact) mass is 248 g/mol. The van der Waals surface area contributed by atoms with Crippen LogP contribution in [0, 0.1) is 10.1 Å². The minimum absolute atomic E-state index is 0.111. The molecule has 0 spiro atoms. The minimum Gasteiger partial charge on any atom is -0.378 e. The number of rotatable bonds is 3. The van der Waals surface area contributed by atoms with Crippen molar-refractivity contribution >= 4 is 11.8 Å². The van der Waals surface area contributed by atoms with Crippen molar-refractivity contribution in [2.75, 3.05) is 13.2 Å². The second-order valence-corrected chi connectivity index (χ2v) is 4.42. The van der Waals surface area contributed by atoms with E-state index in [0.717, 1.165) is 12.2 Å². The van der Waals surface area contributed by atoms with E-state index in [1.54, 1.807) is 12.1 Å². The van der Waals surface area contributed by atoms with Crippen molar-refractivity contribution in [1.29, 1.82) is 0 Å². The number of ether oxygens (including phenoxy) is 1. The first-order valence-corrected chi connectivity index (χ1v) is 5.91. The molecular formula is C13H16N2O3. The van der Waals surface area contributed by atoms with Gasteiger partial charge in [0.25, 0.3) is 5.69 Å². The van der Waals surface area contributed by atoms with Gasteiger partial charge in [-0.15, -0.1) is 0 Å². The molecule has 1 saturated heterocycles. The van der Waals surface area contributed by atoms with Crippen LogP contribution in [0.25, 0.3) is 6.08 Å². The van der Waals surface area contributed by atoms with Crippen LogP contribution in [-0.2, 0) is 4.74 Å². The highest BCUT2D eigenvalue weighted by atomic mass is 16.6. The fraction of sp³-hybridized carbons (Fsp3) is 0.385. The van der Waals surface area contributed by atoms with Crippen LogP contribution >= 0.6 is 0 Å². The zero-order chi connectivity index (χ0) is 13.0. The minimum atomic E-state index is -0.397. The number of non-ortho nitro benzene ring substituents is 1. The van der Waals surface area contributed by atoms with Crippen molar-refractivity contribution in [2.24, 2.45) is 0 Å². The Morgan fingerprint density at radius 1 is 1.39 bits per heavy atom. The fourth-order valence-electron chi connectivity index (χ4n) is 1.88. The molecule has 2 unspecified atom stereocenters. The van der Waals surface area contributed by atoms with Gasteiger partial charge >= 0.3 is 0 Å². The molecule has 2 atom stereocenters. The number of nitrogens with one attached hydrogen (secondary N) is 1. The first-order chi connectivity index (χ1) is 8.65. The van der Waals surface area contributed by atoms with Crippen molar-refractivity contribution in [1.82, 2.24) is 5.32 Å². The first-order valence-electron chi connectivity index (χ1n) is 5.91. The second-order valence-electron chi connectivity index (χ2n) is 4.42. The van der Waals surface area contributed by atoms with Crippen LogP contribution in [0.1, 0.15) is 12.5 Å². The van der Waals surface area contributed by atoms with Crippen LogP contribution in [-0.4, -0.2) is 30.2 Å². The Kier molecular flexibility index (Phi) is 4.07. The summed E-state index contributed by atoms with van der Waals surface area (Å²) in [4.78, 5) is 10.1. The van der Waals surface area contributed by atoms with E-state index < -0.39 is 4.92 Å². The van der Waals surface area contributed by atoms with Gasteiger partial charge in [-0.05, 0) is 24.6 Å². The van der Waals surface area contributed by atoms with Gasteiger partial charge in [0.15, 0.2) is 0 Å². The summed E-state index contributed by atoms with van der Waals surface area (Å²) < 4.78 is 5.43. The topological polar surface area (TPSA) is 64.4 Å². The van der Waals surface area contributed by atoms with Gasteiger partial charge in [-0.25, -0.2) is 0 Å². The zero-order valence-electron chi connectivity index (χ0n) is 10.2. The molecule has 0 bridgehead atoms. The molecule has 5 heteroatoms. The lowest BCUT2D eigenvalue weighted by Crippen LogP contribution is -2.46. The third kappa shape index (κ3) is 3.38. The molecule has 1 aliphatic heterocycles. The Morgan fingerprint density at radius 3 is 2.72 bits per heavy atom. The fourth-order valence-corrected chi connectivity index (χ4v) is 1.88. The van der Waals surface area contributed by atoms with Gasteiger partial charge in [0.2, 0.25) is 0 Å². The van der Waals surface area contributed by atoms with E-state index in [0.29, 0.717) is 12.6 Å². The number of nitro groups is 1. The molecule has 0 amide bonds. The highest BCUT2D eigenvalue weighted by Crippen LogP contribution is 2.13. The lowest BCUT2D eigenvalue weighted by atomic mass is 10.1. The molecule has 18 heavy (non-hydrogen) atoms. The van der Waals surface area contributed by atoms with Gasteiger partial charge in [-0.2, -0.15) is 0 Å². The molecule has 1 aromatic rings. The number of benzene rings is 1. The van der Waals surface area contributed by atoms with Gasteiger partial charge in [-0.1, -0.05) is 12.2 Å². The predicted molar refractivity (Wildman–Crippen MR) is 69.3 cm³/mol. The van der Waals surface area contributed by atoms with Crippen molar-refractivity contribution in [3.8, 4) is 0 Å². The summed E-state index contributed by atoms with van der Waals surface area (Å²) in [7, 11) is 0. The van der Waals surface area contributed by atoms with Gasteiger partial charge < -0.3 is 10.1 Å². The molecule has 0 aliphatic carbocycles. The summed E-state index contributed by atoms with van der Waals surface area (Å²) in [6.07, 6.45) is 3.97. The molecule has 0 saturated carbocycles. The lowest BCUT2D eigenvalue weighted by molar-refractivity contribution is -0.384. The third-order valence-corrected chi connectivity index (χ3v) is 2.79. The quantitative estimate of drug-likeness (QED) is 0.656. The van der Waals surface area contributed by atoms with Gasteiger partial charge in [0.05, 0.1) is 18.1 Å². The summed E-state index contributed by atoms with van der Waals surface area (Å²) in [5.41, 5.74) is 1.06. The third-order valence-electron chi connectivity index (χ3n) is 2.79. The van der Waals surface area contributed by atoms with E-state index in [2.05, 4.69) is 12.2 Å². The summed E-state index contributed by atoms with van der Waals surface area (Å²) in [5.74, 6) is 0. The maximum absolute atomic E-state index is 10.5. The van der Waals surface area contributed by atoms with Crippen LogP contribution in [0.5, 0.6) is 0 Å². The normalized spacial score (nSPS) is 24.3. The number of hydrogen-bond donors (Lipinski definition) is 1. The number of hydrogen-bond acceptors (Lipinski definition) is 4. The molecule has 2 rings (SSSR count). The largest absolute Gasteiger partial charge is 0.378 e. The average Bonchev–Trinajstić information content (AvgIpc) is 2.37. The molecule has 1 aromatic carbocycles. The standard InChI is InChI=1S/C13H16N2O3/c1-10-8-18-9-12(14-10)5-2-11-3-6-13(7-4-11)15(16)17/h2-7,10,12,14H,8-9H2,1H3/b5-2+. The van der Waals surface area contributed by atoms with Crippen molar-refractivity contribution in [2.45, 2.75) is 19.0 Å². The highest BCUT2D eigenvalue weighted by molar-refractivity contribution is 5.52. The van der Waals surface area contributed by atoms with E-state index in [-0.39, 0.29) is 11.7 Å². The van der Waals surface area contributed by atoms with Crippen LogP contribution in [0.2, 0.25) is 0 Å². The Morgan fingerprint density at radius 2 is 2.11 bits per heavy atom. The number of morpholine rings is 1. The molecule has 1 fully saturated rings. The maximum atomic E-state index is 10.5. The van der Waals surface area contributed by atoms with Crippen LogP contribution in [0.15, 0.2) is 30.3 Å². The Bertz CT molecular complexity index is 442. The van der Waals surface area contributed by atoms with Crippen LogP contribution in [0.3, 0.4) is 0 Å². The molecule has 0 radical (unpaired) electrons. The highest BCUT2D eigenvalue weighted by Gasteiger charge is 2.15. The zero-order valence-corrected chi connectivity index (χ0v) is 10.2. The molecule has 0 aromatic heterocycles. The molecular weight excluding hydrogens is 232 g/mol. The molecule has 1 heterocycles. The van der Waals surface area contributed by atoms with Crippen LogP contribution in [0.4, 0.5) is 5.69 Å². The van der Waals surface area contributed by atoms with Gasteiger partial charge in [0.1, 0.15) is 0 Å². The number of nitro benzene ring substituents is 1. The van der Waals surface area contributed by atoms with Gasteiger partial charge in [-0.3, -0.25) is 10.1 Å². The Labute approximate surface area is 106 Å². The van der Waals surface area contributed by atoms with Gasteiger partial charge in [0, 0.05) is 24.2 Å². The maximum Gasteiger partial charge on any atom is 0.269 e. The van der Waals surface area contributed by atoms with E-state index in [4.69, 9.17) is 4.74 Å². The summed E-state index contributed by atoms with van der Waals surface area (Å²) in [5, 5.41) is 13.9. The SMILES string of the molecule is CC1COCC(/C=C/c2ccc([N+](=O)[O-])cc2)N1.